The fourth-order valence-corrected chi connectivity index (χ4v) is 4.39. The number of sulfonamides is 1. The van der Waals surface area contributed by atoms with Gasteiger partial charge in [-0.3, -0.25) is 4.79 Å². The highest BCUT2D eigenvalue weighted by Crippen LogP contribution is 2.25. The maximum Gasteiger partial charge on any atom is 0.339 e. The highest BCUT2D eigenvalue weighted by atomic mass is 32.2. The van der Waals surface area contributed by atoms with Gasteiger partial charge >= 0.3 is 5.97 Å². The van der Waals surface area contributed by atoms with E-state index in [-0.39, 0.29) is 22.6 Å². The number of carbonyl (C=O) groups is 2. The van der Waals surface area contributed by atoms with Crippen LogP contribution in [0, 0.1) is 0 Å². The highest BCUT2D eigenvalue weighted by molar-refractivity contribution is 7.89. The summed E-state index contributed by atoms with van der Waals surface area (Å²) in [6, 6.07) is 19.3. The minimum atomic E-state index is -3.74. The van der Waals surface area contributed by atoms with Gasteiger partial charge in [0.05, 0.1) is 30.4 Å². The number of hydrogen-bond acceptors (Lipinski definition) is 6. The Morgan fingerprint density at radius 1 is 0.939 bits per heavy atom. The number of nitrogens with one attached hydrogen (secondary N) is 1. The molecule has 0 saturated heterocycles. The Morgan fingerprint density at radius 2 is 1.61 bits per heavy atom. The molecule has 0 aliphatic heterocycles. The summed E-state index contributed by atoms with van der Waals surface area (Å²) < 4.78 is 37.1. The van der Waals surface area contributed by atoms with Crippen LogP contribution in [0.3, 0.4) is 0 Å². The normalized spacial score (nSPS) is 11.2. The number of benzene rings is 3. The van der Waals surface area contributed by atoms with Crippen molar-refractivity contribution in [1.29, 1.82) is 0 Å². The molecule has 1 amide bonds. The van der Waals surface area contributed by atoms with Gasteiger partial charge in [-0.1, -0.05) is 30.3 Å². The van der Waals surface area contributed by atoms with Gasteiger partial charge in [0, 0.05) is 24.7 Å². The van der Waals surface area contributed by atoms with Crippen LogP contribution in [0.5, 0.6) is 5.75 Å². The fraction of sp³-hybridized carbons (Fsp3) is 0.167. The minimum Gasteiger partial charge on any atom is -0.496 e. The molecule has 3 aromatic carbocycles. The maximum absolute atomic E-state index is 12.9. The van der Waals surface area contributed by atoms with E-state index >= 15 is 0 Å². The second-order valence-electron chi connectivity index (χ2n) is 7.09. The largest absolute Gasteiger partial charge is 0.496 e. The van der Waals surface area contributed by atoms with Crippen molar-refractivity contribution >= 4 is 27.6 Å². The number of nitrogens with zero attached hydrogens (tertiary/aromatic N) is 1. The smallest absolute Gasteiger partial charge is 0.339 e. The predicted molar refractivity (Wildman–Crippen MR) is 124 cm³/mol. The molecule has 8 nitrogen and oxygen atoms in total. The van der Waals surface area contributed by atoms with E-state index in [1.165, 1.54) is 37.7 Å². The Morgan fingerprint density at radius 3 is 2.27 bits per heavy atom. The van der Waals surface area contributed by atoms with E-state index in [0.717, 1.165) is 0 Å². The lowest BCUT2D eigenvalue weighted by Gasteiger charge is -2.19. The molecule has 0 spiro atoms. The van der Waals surface area contributed by atoms with Gasteiger partial charge in [0.25, 0.3) is 5.91 Å². The van der Waals surface area contributed by atoms with Gasteiger partial charge in [-0.25, -0.2) is 13.2 Å². The maximum atomic E-state index is 12.9. The van der Waals surface area contributed by atoms with Crippen LogP contribution < -0.4 is 10.1 Å². The summed E-state index contributed by atoms with van der Waals surface area (Å²) >= 11 is 0. The van der Waals surface area contributed by atoms with E-state index in [9.17, 15) is 18.0 Å². The number of methoxy groups -OCH3 is 2. The van der Waals surface area contributed by atoms with Crippen molar-refractivity contribution in [1.82, 2.24) is 4.31 Å². The molecular formula is C24H24N2O6S. The molecular weight excluding hydrogens is 444 g/mol. The molecule has 3 aromatic rings. The zero-order valence-electron chi connectivity index (χ0n) is 18.4. The summed E-state index contributed by atoms with van der Waals surface area (Å²) in [5.41, 5.74) is 1.30. The van der Waals surface area contributed by atoms with Crippen molar-refractivity contribution < 1.29 is 27.5 Å². The monoisotopic (exact) mass is 468 g/mol. The van der Waals surface area contributed by atoms with E-state index in [1.54, 1.807) is 60.7 Å². The van der Waals surface area contributed by atoms with Crippen molar-refractivity contribution in [2.75, 3.05) is 26.6 Å². The molecule has 0 heterocycles. The Bertz CT molecular complexity index is 1260. The van der Waals surface area contributed by atoms with Gasteiger partial charge in [0.15, 0.2) is 0 Å². The summed E-state index contributed by atoms with van der Waals surface area (Å²) in [6.45, 7) is -0.0136. The first-order chi connectivity index (χ1) is 15.8. The molecule has 33 heavy (non-hydrogen) atoms. The first-order valence-electron chi connectivity index (χ1n) is 9.95. The van der Waals surface area contributed by atoms with Crippen molar-refractivity contribution in [3.8, 4) is 5.75 Å². The van der Waals surface area contributed by atoms with Crippen LogP contribution in [-0.2, 0) is 21.3 Å². The summed E-state index contributed by atoms with van der Waals surface area (Å²) in [5.74, 6) is -0.602. The second-order valence-corrected chi connectivity index (χ2v) is 9.14. The van der Waals surface area contributed by atoms with Crippen molar-refractivity contribution in [3.05, 3.63) is 89.5 Å². The molecule has 0 aliphatic carbocycles. The number of amides is 1. The molecule has 0 bridgehead atoms. The van der Waals surface area contributed by atoms with E-state index in [0.29, 0.717) is 17.0 Å². The average Bonchev–Trinajstić information content (AvgIpc) is 2.84. The van der Waals surface area contributed by atoms with Crippen LogP contribution in [-0.4, -0.2) is 45.9 Å². The van der Waals surface area contributed by atoms with Gasteiger partial charge < -0.3 is 14.8 Å². The molecule has 0 saturated carbocycles. The summed E-state index contributed by atoms with van der Waals surface area (Å²) in [6.07, 6.45) is 0. The van der Waals surface area contributed by atoms with Crippen LogP contribution in [0.2, 0.25) is 0 Å². The number of rotatable bonds is 8. The summed E-state index contributed by atoms with van der Waals surface area (Å²) in [7, 11) is 0.453. The average molecular weight is 469 g/mol. The number of anilines is 1. The van der Waals surface area contributed by atoms with Crippen LogP contribution in [0.25, 0.3) is 0 Å². The fourth-order valence-electron chi connectivity index (χ4n) is 3.22. The topological polar surface area (TPSA) is 102 Å². The third kappa shape index (κ3) is 5.39. The number of para-hydroxylation sites is 1. The molecule has 0 atom stereocenters. The molecule has 172 valence electrons. The Labute approximate surface area is 192 Å². The van der Waals surface area contributed by atoms with E-state index in [4.69, 9.17) is 9.47 Å². The molecule has 0 fully saturated rings. The first kappa shape index (κ1) is 24.0. The van der Waals surface area contributed by atoms with Gasteiger partial charge in [-0.2, -0.15) is 4.31 Å². The zero-order chi connectivity index (χ0) is 24.0. The van der Waals surface area contributed by atoms with E-state index in [2.05, 4.69) is 5.32 Å². The van der Waals surface area contributed by atoms with Crippen molar-refractivity contribution in [3.63, 3.8) is 0 Å². The Hall–Kier alpha value is -3.69. The number of hydrogen-bond donors (Lipinski definition) is 1. The molecule has 1 N–H and O–H groups in total. The minimum absolute atomic E-state index is 0.0136. The number of esters is 1. The lowest BCUT2D eigenvalue weighted by atomic mass is 10.1. The van der Waals surface area contributed by atoms with Crippen LogP contribution in [0.15, 0.2) is 77.7 Å². The van der Waals surface area contributed by atoms with Crippen LogP contribution in [0.1, 0.15) is 26.3 Å². The van der Waals surface area contributed by atoms with Crippen LogP contribution >= 0.6 is 0 Å². The van der Waals surface area contributed by atoms with E-state index in [1.807, 2.05) is 0 Å². The molecule has 3 rings (SSSR count). The van der Waals surface area contributed by atoms with Crippen molar-refractivity contribution in [2.45, 2.75) is 11.4 Å². The first-order valence-corrected chi connectivity index (χ1v) is 11.4. The molecule has 0 unspecified atom stereocenters. The quantitative estimate of drug-likeness (QED) is 0.507. The van der Waals surface area contributed by atoms with E-state index < -0.39 is 21.9 Å². The standard InChI is InChI=1S/C24H24N2O6S/c1-26(33(29,30)19-9-5-4-6-10-19)16-18-15-17(13-14-22(18)31-2)23(27)25-21-12-8-7-11-20(21)24(28)32-3/h4-15H,16H2,1-3H3,(H,25,27). The van der Waals surface area contributed by atoms with Crippen LogP contribution in [0.4, 0.5) is 5.69 Å². The number of carbonyl (C=O) groups excluding carboxylic acids is 2. The SMILES string of the molecule is COC(=O)c1ccccc1NC(=O)c1ccc(OC)c(CN(C)S(=O)(=O)c2ccccc2)c1. The highest BCUT2D eigenvalue weighted by Gasteiger charge is 2.23. The lowest BCUT2D eigenvalue weighted by Crippen LogP contribution is -2.27. The van der Waals surface area contributed by atoms with Gasteiger partial charge in [-0.05, 0) is 42.5 Å². The molecule has 0 aromatic heterocycles. The summed E-state index contributed by atoms with van der Waals surface area (Å²) in [4.78, 5) is 25.0. The molecule has 9 heteroatoms. The Kier molecular flexibility index (Phi) is 7.47. The third-order valence-electron chi connectivity index (χ3n) is 4.97. The second kappa shape index (κ2) is 10.3. The van der Waals surface area contributed by atoms with Crippen molar-refractivity contribution in [2.24, 2.45) is 0 Å². The number of ether oxygens (including phenoxy) is 2. The third-order valence-corrected chi connectivity index (χ3v) is 6.79. The zero-order valence-corrected chi connectivity index (χ0v) is 19.3. The van der Waals surface area contributed by atoms with Gasteiger partial charge in [0.2, 0.25) is 10.0 Å². The molecule has 0 aliphatic rings. The van der Waals surface area contributed by atoms with Gasteiger partial charge in [-0.15, -0.1) is 0 Å². The Balaban J connectivity index is 1.87. The van der Waals surface area contributed by atoms with Gasteiger partial charge in [0.1, 0.15) is 5.75 Å². The summed E-state index contributed by atoms with van der Waals surface area (Å²) in [5, 5.41) is 2.70. The lowest BCUT2D eigenvalue weighted by molar-refractivity contribution is 0.0602. The predicted octanol–water partition coefficient (Wildman–Crippen LogP) is 3.55. The molecule has 0 radical (unpaired) electrons.